The van der Waals surface area contributed by atoms with Gasteiger partial charge in [-0.05, 0) is 35.4 Å². The number of nitrogens with one attached hydrogen (secondary N) is 1. The van der Waals surface area contributed by atoms with E-state index >= 15 is 0 Å². The third-order valence-corrected chi connectivity index (χ3v) is 5.84. The zero-order chi connectivity index (χ0) is 21.1. The van der Waals surface area contributed by atoms with Crippen molar-refractivity contribution >= 4 is 39.0 Å². The Balaban J connectivity index is 2.56. The molecule has 0 spiro atoms. The number of hydrogen-bond acceptors (Lipinski definition) is 5. The van der Waals surface area contributed by atoms with Gasteiger partial charge < -0.3 is 9.84 Å². The van der Waals surface area contributed by atoms with Gasteiger partial charge in [-0.3, -0.25) is 0 Å². The number of azo groups is 1. The van der Waals surface area contributed by atoms with Crippen LogP contribution >= 0.6 is 11.6 Å². The number of hydrogen-bond donors (Lipinski definition) is 2. The summed E-state index contributed by atoms with van der Waals surface area (Å²) in [6, 6.07) is 8.63. The monoisotopic (exact) mass is 427 g/mol. The zero-order valence-electron chi connectivity index (χ0n) is 15.7. The molecule has 0 bridgehead atoms. The highest BCUT2D eigenvalue weighted by Gasteiger charge is 2.27. The second-order valence-corrected chi connectivity index (χ2v) is 8.33. The van der Waals surface area contributed by atoms with Gasteiger partial charge in [-0.25, -0.2) is 17.5 Å². The molecule has 9 nitrogen and oxygen atoms in total. The highest BCUT2D eigenvalue weighted by Crippen LogP contribution is 2.30. The number of anilines is 1. The van der Waals surface area contributed by atoms with Gasteiger partial charge in [0.05, 0.1) is 19.1 Å². The third kappa shape index (κ3) is 4.41. The summed E-state index contributed by atoms with van der Waals surface area (Å²) >= 11 is 6.02. The molecule has 2 aromatic carbocycles. The minimum Gasteiger partial charge on any atom is -0.494 e. The Labute approximate surface area is 167 Å². The first-order valence-corrected chi connectivity index (χ1v) is 9.73. The Morgan fingerprint density at radius 1 is 1.25 bits per heavy atom. The lowest BCUT2D eigenvalue weighted by molar-refractivity contribution is -0.480. The average molecular weight is 428 g/mol. The Morgan fingerprint density at radius 2 is 1.93 bits per heavy atom. The number of sulfonamides is 1. The van der Waals surface area contributed by atoms with Crippen LogP contribution in [0, 0.1) is 0 Å². The van der Waals surface area contributed by atoms with Gasteiger partial charge >= 0.3 is 5.97 Å². The molecular formula is C17H20ClN4O5S+. The second-order valence-electron chi connectivity index (χ2n) is 5.74. The van der Waals surface area contributed by atoms with Crippen molar-refractivity contribution in [3.8, 4) is 5.75 Å². The summed E-state index contributed by atoms with van der Waals surface area (Å²) in [6.07, 6.45) is 0. The topological polar surface area (TPSA) is 111 Å². The molecule has 28 heavy (non-hydrogen) atoms. The molecule has 0 saturated heterocycles. The minimum absolute atomic E-state index is 0.134. The molecule has 0 heterocycles. The molecule has 2 N–H and O–H groups in total. The first kappa shape index (κ1) is 21.6. The fraction of sp³-hybridized carbons (Fsp3) is 0.235. The van der Waals surface area contributed by atoms with Crippen molar-refractivity contribution in [1.29, 1.82) is 0 Å². The summed E-state index contributed by atoms with van der Waals surface area (Å²) in [6.45, 7) is 0. The lowest BCUT2D eigenvalue weighted by atomic mass is 10.2. The van der Waals surface area contributed by atoms with Gasteiger partial charge in [0.1, 0.15) is 17.0 Å². The molecule has 150 valence electrons. The fourth-order valence-corrected chi connectivity index (χ4v) is 3.44. The van der Waals surface area contributed by atoms with E-state index in [1.165, 1.54) is 45.2 Å². The van der Waals surface area contributed by atoms with Gasteiger partial charge in [0, 0.05) is 30.0 Å². The first-order valence-electron chi connectivity index (χ1n) is 7.91. The Kier molecular flexibility index (Phi) is 6.60. The predicted molar refractivity (Wildman–Crippen MR) is 104 cm³/mol. The highest BCUT2D eigenvalue weighted by atomic mass is 35.5. The maximum atomic E-state index is 12.3. The lowest BCUT2D eigenvalue weighted by Crippen LogP contribution is -2.23. The molecule has 0 atom stereocenters. The van der Waals surface area contributed by atoms with E-state index in [0.29, 0.717) is 16.5 Å². The third-order valence-electron chi connectivity index (χ3n) is 3.79. The average Bonchev–Trinajstić information content (AvgIpc) is 2.65. The standard InChI is InChI=1S/C17H19ClN4O5S/c1-19-22(20-14-9-11(18)5-8-16(14)27-4)15-7-6-12(10-13(15)17(23)24)28(25,26)21(2)3/h5-10H,1-4H3,(H-,19,20,23,24)/p+1. The van der Waals surface area contributed by atoms with Crippen molar-refractivity contribution in [2.45, 2.75) is 4.90 Å². The fourth-order valence-electron chi connectivity index (χ4n) is 2.34. The van der Waals surface area contributed by atoms with Crippen molar-refractivity contribution in [3.63, 3.8) is 0 Å². The Morgan fingerprint density at radius 3 is 2.46 bits per heavy atom. The van der Waals surface area contributed by atoms with Crippen LogP contribution in [0.4, 0.5) is 11.4 Å². The van der Waals surface area contributed by atoms with Crippen LogP contribution in [-0.2, 0) is 10.0 Å². The van der Waals surface area contributed by atoms with E-state index in [0.717, 1.165) is 10.4 Å². The molecule has 0 aromatic heterocycles. The summed E-state index contributed by atoms with van der Waals surface area (Å²) in [5.41, 5.74) is 3.25. The number of carbonyl (C=O) groups is 1. The molecule has 0 aliphatic rings. The molecule has 0 unspecified atom stereocenters. The van der Waals surface area contributed by atoms with Gasteiger partial charge in [0.2, 0.25) is 10.0 Å². The maximum absolute atomic E-state index is 12.3. The quantitative estimate of drug-likeness (QED) is 0.399. The molecular weight excluding hydrogens is 408 g/mol. The van der Waals surface area contributed by atoms with Crippen molar-refractivity contribution in [2.75, 3.05) is 33.7 Å². The van der Waals surface area contributed by atoms with Crippen LogP contribution < -0.4 is 10.2 Å². The molecule has 0 fully saturated rings. The van der Waals surface area contributed by atoms with Crippen LogP contribution in [0.25, 0.3) is 0 Å². The van der Waals surface area contributed by atoms with E-state index in [9.17, 15) is 18.3 Å². The van der Waals surface area contributed by atoms with Gasteiger partial charge in [0.15, 0.2) is 0 Å². The maximum Gasteiger partial charge on any atom is 0.342 e. The van der Waals surface area contributed by atoms with Crippen molar-refractivity contribution < 1.29 is 27.9 Å². The van der Waals surface area contributed by atoms with Gasteiger partial charge in [-0.15, -0.1) is 5.43 Å². The number of methoxy groups -OCH3 is 1. The van der Waals surface area contributed by atoms with Crippen molar-refractivity contribution in [2.24, 2.45) is 5.11 Å². The molecule has 0 radical (unpaired) electrons. The summed E-state index contributed by atoms with van der Waals surface area (Å²) in [5, 5.41) is 14.1. The van der Waals surface area contributed by atoms with Crippen LogP contribution in [-0.4, -0.2) is 56.9 Å². The number of halogens is 1. The van der Waals surface area contributed by atoms with E-state index in [1.807, 2.05) is 0 Å². The first-order chi connectivity index (χ1) is 13.1. The molecule has 0 aliphatic carbocycles. The summed E-state index contributed by atoms with van der Waals surface area (Å²) in [5.74, 6) is -0.846. The predicted octanol–water partition coefficient (Wildman–Crippen LogP) is 3.05. The van der Waals surface area contributed by atoms with E-state index in [-0.39, 0.29) is 16.1 Å². The number of nitrogens with zero attached hydrogens (tertiary/aromatic N) is 3. The number of carboxylic acid groups (broad SMARTS) is 1. The van der Waals surface area contributed by atoms with Gasteiger partial charge in [0.25, 0.3) is 5.69 Å². The largest absolute Gasteiger partial charge is 0.494 e. The van der Waals surface area contributed by atoms with Gasteiger partial charge in [-0.2, -0.15) is 0 Å². The number of aromatic carboxylic acids is 1. The number of ether oxygens (including phenoxy) is 1. The molecule has 11 heteroatoms. The number of hydrazine groups is 1. The lowest BCUT2D eigenvalue weighted by Gasteiger charge is -2.12. The summed E-state index contributed by atoms with van der Waals surface area (Å²) in [7, 11) is 1.86. The van der Waals surface area contributed by atoms with Crippen LogP contribution in [0.1, 0.15) is 10.4 Å². The molecule has 0 amide bonds. The molecule has 2 aromatic rings. The zero-order valence-corrected chi connectivity index (χ0v) is 17.2. The van der Waals surface area contributed by atoms with Crippen LogP contribution in [0.5, 0.6) is 5.75 Å². The molecule has 2 rings (SSSR count). The smallest absolute Gasteiger partial charge is 0.342 e. The van der Waals surface area contributed by atoms with Crippen LogP contribution in [0.3, 0.4) is 0 Å². The number of benzene rings is 2. The normalized spacial score (nSPS) is 12.1. The summed E-state index contributed by atoms with van der Waals surface area (Å²) in [4.78, 5) is 12.8. The SMILES string of the molecule is CN=[N+](Nc1cc(Cl)ccc1OC)c1ccc(S(=O)(=O)N(C)C)cc1C(=O)O. The van der Waals surface area contributed by atoms with E-state index in [1.54, 1.807) is 18.2 Å². The van der Waals surface area contributed by atoms with E-state index in [4.69, 9.17) is 16.3 Å². The number of rotatable bonds is 7. The van der Waals surface area contributed by atoms with Crippen LogP contribution in [0.2, 0.25) is 5.02 Å². The summed E-state index contributed by atoms with van der Waals surface area (Å²) < 4.78 is 30.9. The van der Waals surface area contributed by atoms with Crippen molar-refractivity contribution in [3.05, 3.63) is 47.0 Å². The molecule has 0 aliphatic heterocycles. The minimum atomic E-state index is -3.79. The molecule has 0 saturated carbocycles. The number of carboxylic acids is 1. The van der Waals surface area contributed by atoms with Crippen molar-refractivity contribution in [1.82, 2.24) is 4.31 Å². The van der Waals surface area contributed by atoms with Gasteiger partial charge in [-0.1, -0.05) is 11.6 Å². The Bertz CT molecular complexity index is 1040. The van der Waals surface area contributed by atoms with E-state index < -0.39 is 16.0 Å². The Hall–Kier alpha value is -2.69. The van der Waals surface area contributed by atoms with Crippen LogP contribution in [0.15, 0.2) is 46.4 Å². The highest BCUT2D eigenvalue weighted by molar-refractivity contribution is 7.89. The second kappa shape index (κ2) is 8.55. The van der Waals surface area contributed by atoms with E-state index in [2.05, 4.69) is 10.5 Å².